The lowest BCUT2D eigenvalue weighted by atomic mass is 9.85. The number of benzene rings is 1. The first kappa shape index (κ1) is 47.0. The van der Waals surface area contributed by atoms with Gasteiger partial charge >= 0.3 is 6.09 Å². The first-order valence-electron chi connectivity index (χ1n) is 23.2. The summed E-state index contributed by atoms with van der Waals surface area (Å²) in [5, 5.41) is 6.58. The van der Waals surface area contributed by atoms with Crippen molar-refractivity contribution in [1.29, 1.82) is 0 Å². The van der Waals surface area contributed by atoms with Crippen molar-refractivity contribution in [2.75, 3.05) is 59.7 Å². The van der Waals surface area contributed by atoms with Crippen LogP contribution >= 0.6 is 0 Å². The molecule has 2 bridgehead atoms. The number of para-hydroxylation sites is 1. The van der Waals surface area contributed by atoms with Crippen LogP contribution in [0.2, 0.25) is 0 Å². The molecular formula is C47H66N6O11S. The molecule has 6 aliphatic rings. The van der Waals surface area contributed by atoms with Gasteiger partial charge in [-0.2, -0.15) is 0 Å². The van der Waals surface area contributed by atoms with Gasteiger partial charge in [0.1, 0.15) is 46.4 Å². The molecule has 1 aromatic heterocycles. The van der Waals surface area contributed by atoms with Gasteiger partial charge in [0.05, 0.1) is 37.4 Å². The standard InChI is InChI=1S/C47H66N6O11S/c1-7-30-27-47(30,42(56)51-65(58,59)46(17-18-46)29-60-6)50-39(54)36-25-32-28-53(36)41(55)38(44(2,3)4)49-43(57)64-45(5)26-31(45)13-9-8-10-15-34-37(62-24-21-52-19-22-61-23-20-52)33-14-11-12-16-35(33)48-40(34)63-32/h7,11-12,14,16,30-32,36,38H,1,8-10,13,15,17-29H2,2-6H3,(H,49,57)(H,50,54)(H,51,56)/t30-,31-,32-,36+,38-,45-,47?/m1/s1. The van der Waals surface area contributed by atoms with Crippen molar-refractivity contribution in [3.05, 3.63) is 42.5 Å². The van der Waals surface area contributed by atoms with E-state index in [1.165, 1.54) is 18.1 Å². The smallest absolute Gasteiger partial charge is 0.408 e. The predicted molar refractivity (Wildman–Crippen MR) is 241 cm³/mol. The molecule has 2 saturated heterocycles. The van der Waals surface area contributed by atoms with E-state index in [4.69, 9.17) is 28.7 Å². The molecule has 17 nitrogen and oxygen atoms in total. The number of nitrogens with one attached hydrogen (secondary N) is 3. The lowest BCUT2D eigenvalue weighted by molar-refractivity contribution is -0.143. The number of pyridine rings is 1. The van der Waals surface area contributed by atoms with Crippen LogP contribution < -0.4 is 24.8 Å². The average Bonchev–Trinajstić information content (AvgIpc) is 4.22. The van der Waals surface area contributed by atoms with Crippen molar-refractivity contribution in [2.45, 2.75) is 126 Å². The summed E-state index contributed by atoms with van der Waals surface area (Å²) in [5.41, 5.74) is -1.64. The third-order valence-electron chi connectivity index (χ3n) is 14.4. The fraction of sp³-hybridized carbons (Fsp3) is 0.681. The quantitative estimate of drug-likeness (QED) is 0.258. The molecule has 0 spiro atoms. The number of carbonyl (C=O) groups excluding carboxylic acids is 4. The minimum absolute atomic E-state index is 0.00546. The van der Waals surface area contributed by atoms with Crippen molar-refractivity contribution in [1.82, 2.24) is 30.1 Å². The van der Waals surface area contributed by atoms with Crippen molar-refractivity contribution >= 4 is 44.7 Å². The molecule has 65 heavy (non-hydrogen) atoms. The molecule has 4 heterocycles. The summed E-state index contributed by atoms with van der Waals surface area (Å²) in [6.45, 7) is 15.3. The monoisotopic (exact) mass is 922 g/mol. The molecule has 1 aromatic carbocycles. The van der Waals surface area contributed by atoms with Gasteiger partial charge in [-0.3, -0.25) is 24.0 Å². The van der Waals surface area contributed by atoms with E-state index in [-0.39, 0.29) is 31.9 Å². The maximum Gasteiger partial charge on any atom is 0.408 e. The van der Waals surface area contributed by atoms with Gasteiger partial charge in [0.15, 0.2) is 0 Å². The Kier molecular flexibility index (Phi) is 13.2. The van der Waals surface area contributed by atoms with Crippen LogP contribution in [0.5, 0.6) is 11.6 Å². The lowest BCUT2D eigenvalue weighted by Gasteiger charge is -2.35. The maximum atomic E-state index is 15.0. The molecule has 3 saturated carbocycles. The zero-order valence-corrected chi connectivity index (χ0v) is 39.3. The summed E-state index contributed by atoms with van der Waals surface area (Å²) >= 11 is 0. The molecule has 3 aliphatic heterocycles. The normalized spacial score (nSPS) is 30.5. The Morgan fingerprint density at radius 1 is 1.09 bits per heavy atom. The highest BCUT2D eigenvalue weighted by Crippen LogP contribution is 2.50. The minimum atomic E-state index is -4.17. The Hall–Kier alpha value is -4.52. The zero-order valence-electron chi connectivity index (χ0n) is 38.4. The molecule has 18 heteroatoms. The van der Waals surface area contributed by atoms with Crippen molar-refractivity contribution < 1.29 is 51.3 Å². The number of carbonyl (C=O) groups is 4. The van der Waals surface area contributed by atoms with Gasteiger partial charge in [0.25, 0.3) is 5.91 Å². The molecular weight excluding hydrogens is 857 g/mol. The van der Waals surface area contributed by atoms with Gasteiger partial charge in [-0.1, -0.05) is 51.8 Å². The third kappa shape index (κ3) is 9.82. The highest BCUT2D eigenvalue weighted by molar-refractivity contribution is 7.91. The first-order valence-corrected chi connectivity index (χ1v) is 24.7. The molecule has 7 atom stereocenters. The number of hydrogen-bond donors (Lipinski definition) is 3. The number of alkyl carbamates (subject to hydrolysis) is 1. The second-order valence-corrected chi connectivity index (χ2v) is 22.3. The number of aromatic nitrogens is 1. The highest BCUT2D eigenvalue weighted by Gasteiger charge is 2.64. The second-order valence-electron chi connectivity index (χ2n) is 20.2. The number of sulfonamides is 1. The molecule has 1 unspecified atom stereocenters. The Balaban J connectivity index is 1.13. The van der Waals surface area contributed by atoms with Crippen LogP contribution in [0, 0.1) is 17.3 Å². The Labute approximate surface area is 382 Å². The third-order valence-corrected chi connectivity index (χ3v) is 16.5. The van der Waals surface area contributed by atoms with Gasteiger partial charge in [-0.15, -0.1) is 6.58 Å². The van der Waals surface area contributed by atoms with Crippen LogP contribution in [0.25, 0.3) is 10.9 Å². The van der Waals surface area contributed by atoms with Crippen LogP contribution in [-0.2, 0) is 45.0 Å². The second kappa shape index (κ2) is 18.3. The fourth-order valence-electron chi connectivity index (χ4n) is 9.87. The number of amides is 4. The number of rotatable bonds is 12. The van der Waals surface area contributed by atoms with E-state index in [1.807, 2.05) is 52.0 Å². The van der Waals surface area contributed by atoms with Crippen LogP contribution in [-0.4, -0.2) is 141 Å². The van der Waals surface area contributed by atoms with Crippen LogP contribution in [0.15, 0.2) is 36.9 Å². The molecule has 0 radical (unpaired) electrons. The first-order chi connectivity index (χ1) is 30.9. The van der Waals surface area contributed by atoms with E-state index >= 15 is 0 Å². The van der Waals surface area contributed by atoms with E-state index in [9.17, 15) is 27.6 Å². The molecule has 356 valence electrons. The molecule has 8 rings (SSSR count). The van der Waals surface area contributed by atoms with Gasteiger partial charge in [0, 0.05) is 50.4 Å². The largest absolute Gasteiger partial charge is 0.491 e. The number of methoxy groups -OCH3 is 1. The van der Waals surface area contributed by atoms with Gasteiger partial charge < -0.3 is 39.2 Å². The highest BCUT2D eigenvalue weighted by atomic mass is 32.2. The Morgan fingerprint density at radius 3 is 2.54 bits per heavy atom. The summed E-state index contributed by atoms with van der Waals surface area (Å²) in [6.07, 6.45) is 5.67. The maximum absolute atomic E-state index is 15.0. The number of morpholine rings is 1. The topological polar surface area (TPSA) is 204 Å². The Morgan fingerprint density at radius 2 is 1.85 bits per heavy atom. The van der Waals surface area contributed by atoms with E-state index in [0.29, 0.717) is 69.2 Å². The van der Waals surface area contributed by atoms with E-state index in [0.717, 1.165) is 49.7 Å². The molecule has 3 aliphatic carbocycles. The molecule has 2 aromatic rings. The average molecular weight is 923 g/mol. The van der Waals surface area contributed by atoms with E-state index in [2.05, 4.69) is 26.8 Å². The van der Waals surface area contributed by atoms with E-state index < -0.39 is 79.2 Å². The van der Waals surface area contributed by atoms with Gasteiger partial charge in [-0.05, 0) is 69.4 Å². The minimum Gasteiger partial charge on any atom is -0.491 e. The fourth-order valence-corrected chi connectivity index (χ4v) is 11.4. The van der Waals surface area contributed by atoms with Crippen LogP contribution in [0.1, 0.15) is 91.0 Å². The summed E-state index contributed by atoms with van der Waals surface area (Å²) in [7, 11) is -2.76. The summed E-state index contributed by atoms with van der Waals surface area (Å²) in [6, 6.07) is 5.45. The van der Waals surface area contributed by atoms with Gasteiger partial charge in [-0.25, -0.2) is 18.2 Å². The number of ether oxygens (including phenoxy) is 5. The van der Waals surface area contributed by atoms with Gasteiger partial charge in [0.2, 0.25) is 27.7 Å². The zero-order chi connectivity index (χ0) is 46.4. The van der Waals surface area contributed by atoms with Crippen molar-refractivity contribution in [3.8, 4) is 11.6 Å². The Bertz CT molecular complexity index is 2280. The number of fused-ring (bicyclic) bond motifs is 5. The summed E-state index contributed by atoms with van der Waals surface area (Å²) < 4.78 is 58.3. The van der Waals surface area contributed by atoms with Crippen molar-refractivity contribution in [2.24, 2.45) is 17.3 Å². The van der Waals surface area contributed by atoms with Crippen molar-refractivity contribution in [3.63, 3.8) is 0 Å². The molecule has 3 N–H and O–H groups in total. The van der Waals surface area contributed by atoms with E-state index in [1.54, 1.807) is 0 Å². The SMILES string of the molecule is C=C[C@@H]1CC1(NC(=O)[C@@H]1C[C@@H]2CN1C(=O)[C@H](C(C)(C)C)NC(=O)O[C@]1(C)C[C@H]1CCCCCc1c(nc3ccccc3c1OCCN1CCOCC1)O2)C(=O)NS(=O)(=O)C1(COC)CC1. The lowest BCUT2D eigenvalue weighted by Crippen LogP contribution is -2.60. The predicted octanol–water partition coefficient (Wildman–Crippen LogP) is 4.02. The molecule has 4 amide bonds. The number of nitrogens with zero attached hydrogens (tertiary/aromatic N) is 3. The molecule has 5 fully saturated rings. The summed E-state index contributed by atoms with van der Waals surface area (Å²) in [5.74, 6) is -1.43. The number of hydrogen-bond acceptors (Lipinski definition) is 13. The van der Waals surface area contributed by atoms with Crippen LogP contribution in [0.3, 0.4) is 0 Å². The van der Waals surface area contributed by atoms with Crippen LogP contribution in [0.4, 0.5) is 4.79 Å². The summed E-state index contributed by atoms with van der Waals surface area (Å²) in [4.78, 5) is 66.1.